The second-order valence-electron chi connectivity index (χ2n) is 7.49. The molecule has 0 aliphatic carbocycles. The molecular weight excluding hydrogens is 384 g/mol. The number of nitrogens with zero attached hydrogens (tertiary/aromatic N) is 1. The fourth-order valence-electron chi connectivity index (χ4n) is 3.04. The highest BCUT2D eigenvalue weighted by molar-refractivity contribution is 7.99. The molecule has 0 saturated heterocycles. The Morgan fingerprint density at radius 3 is 2.62 bits per heavy atom. The molecule has 154 valence electrons. The van der Waals surface area contributed by atoms with Crippen LogP contribution in [0, 0.1) is 5.92 Å². The molecule has 0 bridgehead atoms. The van der Waals surface area contributed by atoms with Gasteiger partial charge < -0.3 is 15.0 Å². The monoisotopic (exact) mass is 412 g/mol. The van der Waals surface area contributed by atoms with Crippen LogP contribution < -0.4 is 15.0 Å². The number of amides is 2. The third kappa shape index (κ3) is 6.26. The van der Waals surface area contributed by atoms with E-state index in [1.807, 2.05) is 48.5 Å². The van der Waals surface area contributed by atoms with E-state index in [4.69, 9.17) is 4.74 Å². The van der Waals surface area contributed by atoms with Gasteiger partial charge in [-0.05, 0) is 35.7 Å². The van der Waals surface area contributed by atoms with Gasteiger partial charge in [-0.1, -0.05) is 38.1 Å². The Balaban J connectivity index is 1.43. The molecular formula is C23H28N2O3S. The van der Waals surface area contributed by atoms with Crippen molar-refractivity contribution >= 4 is 29.3 Å². The van der Waals surface area contributed by atoms with Crippen LogP contribution in [0.15, 0.2) is 53.4 Å². The molecule has 6 heteroatoms. The SMILES string of the molecule is CC(C)COc1ccc(CNC(=O)CCC(=O)N2CCSc3ccccc32)cc1. The first-order valence-electron chi connectivity index (χ1n) is 10.0. The van der Waals surface area contributed by atoms with Gasteiger partial charge in [0.05, 0.1) is 12.3 Å². The van der Waals surface area contributed by atoms with Crippen molar-refractivity contribution in [2.45, 2.75) is 38.1 Å². The predicted molar refractivity (Wildman–Crippen MR) is 117 cm³/mol. The summed E-state index contributed by atoms with van der Waals surface area (Å²) in [6.45, 7) is 6.04. The van der Waals surface area contributed by atoms with Crippen LogP contribution >= 0.6 is 11.8 Å². The Morgan fingerprint density at radius 2 is 1.86 bits per heavy atom. The number of rotatable bonds is 8. The van der Waals surface area contributed by atoms with Gasteiger partial charge in [-0.25, -0.2) is 0 Å². The van der Waals surface area contributed by atoms with Crippen LogP contribution in [0.2, 0.25) is 0 Å². The van der Waals surface area contributed by atoms with Gasteiger partial charge in [0.2, 0.25) is 11.8 Å². The van der Waals surface area contributed by atoms with Crippen molar-refractivity contribution < 1.29 is 14.3 Å². The first-order valence-corrected chi connectivity index (χ1v) is 11.0. The molecule has 1 heterocycles. The number of para-hydroxylation sites is 1. The minimum atomic E-state index is -0.113. The first kappa shape index (κ1) is 21.2. The van der Waals surface area contributed by atoms with E-state index in [9.17, 15) is 9.59 Å². The number of ether oxygens (including phenoxy) is 1. The molecule has 0 spiro atoms. The van der Waals surface area contributed by atoms with Crippen LogP contribution in [0.25, 0.3) is 0 Å². The second kappa shape index (κ2) is 10.3. The van der Waals surface area contributed by atoms with Crippen molar-refractivity contribution in [3.63, 3.8) is 0 Å². The summed E-state index contributed by atoms with van der Waals surface area (Å²) >= 11 is 1.76. The van der Waals surface area contributed by atoms with Crippen LogP contribution in [0.1, 0.15) is 32.3 Å². The molecule has 0 saturated carbocycles. The lowest BCUT2D eigenvalue weighted by Crippen LogP contribution is -2.36. The molecule has 3 rings (SSSR count). The van der Waals surface area contributed by atoms with Gasteiger partial charge in [0.15, 0.2) is 0 Å². The Labute approximate surface area is 176 Å². The summed E-state index contributed by atoms with van der Waals surface area (Å²) in [6, 6.07) is 15.7. The standard InChI is InChI=1S/C23H28N2O3S/c1-17(2)16-28-19-9-7-18(8-10-19)15-24-22(26)11-12-23(27)25-13-14-29-21-6-4-3-5-20(21)25/h3-10,17H,11-16H2,1-2H3,(H,24,26). The van der Waals surface area contributed by atoms with Crippen molar-refractivity contribution in [2.75, 3.05) is 23.8 Å². The second-order valence-corrected chi connectivity index (χ2v) is 8.62. The van der Waals surface area contributed by atoms with Crippen molar-refractivity contribution in [3.05, 3.63) is 54.1 Å². The third-order valence-electron chi connectivity index (χ3n) is 4.59. The summed E-state index contributed by atoms with van der Waals surface area (Å²) in [5.41, 5.74) is 1.96. The van der Waals surface area contributed by atoms with Gasteiger partial charge in [-0.15, -0.1) is 11.8 Å². The number of nitrogens with one attached hydrogen (secondary N) is 1. The molecule has 2 aromatic carbocycles. The van der Waals surface area contributed by atoms with E-state index in [2.05, 4.69) is 19.2 Å². The molecule has 0 aromatic heterocycles. The lowest BCUT2D eigenvalue weighted by atomic mass is 10.2. The maximum Gasteiger partial charge on any atom is 0.227 e. The van der Waals surface area contributed by atoms with Crippen LogP contribution in [0.4, 0.5) is 5.69 Å². The first-order chi connectivity index (χ1) is 14.0. The van der Waals surface area contributed by atoms with E-state index < -0.39 is 0 Å². The average molecular weight is 413 g/mol. The lowest BCUT2D eigenvalue weighted by Gasteiger charge is -2.29. The summed E-state index contributed by atoms with van der Waals surface area (Å²) < 4.78 is 5.66. The number of carbonyl (C=O) groups is 2. The van der Waals surface area contributed by atoms with E-state index in [-0.39, 0.29) is 24.7 Å². The summed E-state index contributed by atoms with van der Waals surface area (Å²) in [7, 11) is 0. The average Bonchev–Trinajstić information content (AvgIpc) is 2.74. The van der Waals surface area contributed by atoms with E-state index in [1.165, 1.54) is 0 Å². The number of anilines is 1. The van der Waals surface area contributed by atoms with Crippen molar-refractivity contribution in [1.29, 1.82) is 0 Å². The Bertz CT molecular complexity index is 836. The van der Waals surface area contributed by atoms with Gasteiger partial charge in [0.1, 0.15) is 5.75 Å². The summed E-state index contributed by atoms with van der Waals surface area (Å²) in [4.78, 5) is 27.7. The molecule has 1 aliphatic rings. The normalized spacial score (nSPS) is 13.1. The molecule has 2 aromatic rings. The highest BCUT2D eigenvalue weighted by atomic mass is 32.2. The van der Waals surface area contributed by atoms with E-state index in [0.717, 1.165) is 27.6 Å². The molecule has 0 unspecified atom stereocenters. The molecule has 5 nitrogen and oxygen atoms in total. The van der Waals surface area contributed by atoms with Gasteiger partial charge in [0.25, 0.3) is 0 Å². The molecule has 0 radical (unpaired) electrons. The fourth-order valence-corrected chi connectivity index (χ4v) is 4.03. The van der Waals surface area contributed by atoms with Gasteiger partial charge in [-0.2, -0.15) is 0 Å². The molecule has 1 N–H and O–H groups in total. The number of hydrogen-bond acceptors (Lipinski definition) is 4. The number of thioether (sulfide) groups is 1. The maximum atomic E-state index is 12.6. The van der Waals surface area contributed by atoms with Crippen LogP contribution in [-0.4, -0.2) is 30.7 Å². The van der Waals surface area contributed by atoms with Crippen LogP contribution in [0.5, 0.6) is 5.75 Å². The van der Waals surface area contributed by atoms with Crippen LogP contribution in [-0.2, 0) is 16.1 Å². The highest BCUT2D eigenvalue weighted by Crippen LogP contribution is 2.34. The summed E-state index contributed by atoms with van der Waals surface area (Å²) in [5, 5.41) is 2.89. The molecule has 2 amide bonds. The summed E-state index contributed by atoms with van der Waals surface area (Å²) in [6.07, 6.45) is 0.410. The number of fused-ring (bicyclic) bond motifs is 1. The largest absolute Gasteiger partial charge is 0.493 e. The van der Waals surface area contributed by atoms with Crippen molar-refractivity contribution in [3.8, 4) is 5.75 Å². The maximum absolute atomic E-state index is 12.6. The predicted octanol–water partition coefficient (Wildman–Crippen LogP) is 4.26. The van der Waals surface area contributed by atoms with Crippen molar-refractivity contribution in [1.82, 2.24) is 5.32 Å². The topological polar surface area (TPSA) is 58.6 Å². The molecule has 1 aliphatic heterocycles. The number of hydrogen-bond donors (Lipinski definition) is 1. The highest BCUT2D eigenvalue weighted by Gasteiger charge is 2.22. The fraction of sp³-hybridized carbons (Fsp3) is 0.391. The number of carbonyl (C=O) groups excluding carboxylic acids is 2. The third-order valence-corrected chi connectivity index (χ3v) is 5.63. The van der Waals surface area contributed by atoms with Crippen LogP contribution in [0.3, 0.4) is 0 Å². The molecule has 29 heavy (non-hydrogen) atoms. The van der Waals surface area contributed by atoms with E-state index in [0.29, 0.717) is 25.6 Å². The molecule has 0 fully saturated rings. The smallest absolute Gasteiger partial charge is 0.227 e. The van der Waals surface area contributed by atoms with Gasteiger partial charge in [0, 0.05) is 36.6 Å². The van der Waals surface area contributed by atoms with E-state index in [1.54, 1.807) is 16.7 Å². The molecule has 0 atom stereocenters. The number of benzene rings is 2. The van der Waals surface area contributed by atoms with Gasteiger partial charge >= 0.3 is 0 Å². The van der Waals surface area contributed by atoms with E-state index >= 15 is 0 Å². The lowest BCUT2D eigenvalue weighted by molar-refractivity contribution is -0.125. The minimum Gasteiger partial charge on any atom is -0.493 e. The Hall–Kier alpha value is -2.47. The quantitative estimate of drug-likeness (QED) is 0.704. The van der Waals surface area contributed by atoms with Gasteiger partial charge in [-0.3, -0.25) is 9.59 Å². The Kier molecular flexibility index (Phi) is 7.58. The zero-order valence-corrected chi connectivity index (χ0v) is 17.8. The summed E-state index contributed by atoms with van der Waals surface area (Å²) in [5.74, 6) is 2.08. The zero-order valence-electron chi connectivity index (χ0n) is 17.0. The zero-order chi connectivity index (χ0) is 20.6. The van der Waals surface area contributed by atoms with Crippen molar-refractivity contribution in [2.24, 2.45) is 5.92 Å². The Morgan fingerprint density at radius 1 is 1.10 bits per heavy atom. The minimum absolute atomic E-state index is 0.000413.